The Labute approximate surface area is 77.3 Å². The molecule has 1 aliphatic rings. The molecule has 0 saturated heterocycles. The van der Waals surface area contributed by atoms with Gasteiger partial charge in [-0.05, 0) is 36.8 Å². The van der Waals surface area contributed by atoms with Gasteiger partial charge in [0, 0.05) is 6.04 Å². The number of hydrogen-bond acceptors (Lipinski definition) is 4. The van der Waals surface area contributed by atoms with Gasteiger partial charge < -0.3 is 5.73 Å². The van der Waals surface area contributed by atoms with E-state index in [1.807, 2.05) is 0 Å². The summed E-state index contributed by atoms with van der Waals surface area (Å²) in [6.07, 6.45) is 6.15. The number of hydrogen-bond donors (Lipinski definition) is 1. The van der Waals surface area contributed by atoms with Crippen molar-refractivity contribution in [3.05, 3.63) is 6.33 Å². The Kier molecular flexibility index (Phi) is 2.54. The van der Waals surface area contributed by atoms with E-state index in [4.69, 9.17) is 5.73 Å². The molecule has 1 aromatic heterocycles. The average molecular weight is 181 g/mol. The van der Waals surface area contributed by atoms with Crippen LogP contribution in [0.3, 0.4) is 0 Å². The molecule has 0 amide bonds. The van der Waals surface area contributed by atoms with Crippen LogP contribution in [0.15, 0.2) is 6.33 Å². The second-order valence-electron chi connectivity index (χ2n) is 3.77. The van der Waals surface area contributed by atoms with Crippen LogP contribution in [-0.4, -0.2) is 26.2 Å². The Morgan fingerprint density at radius 2 is 2.08 bits per heavy atom. The van der Waals surface area contributed by atoms with Gasteiger partial charge in [0.1, 0.15) is 0 Å². The smallest absolute Gasteiger partial charge is 0.162 e. The van der Waals surface area contributed by atoms with E-state index in [9.17, 15) is 0 Å². The fourth-order valence-corrected chi connectivity index (χ4v) is 1.87. The van der Waals surface area contributed by atoms with Gasteiger partial charge in [0.25, 0.3) is 0 Å². The highest BCUT2D eigenvalue weighted by molar-refractivity contribution is 4.73. The minimum atomic E-state index is 0.417. The fourth-order valence-electron chi connectivity index (χ4n) is 1.87. The number of tetrazole rings is 1. The van der Waals surface area contributed by atoms with Crippen molar-refractivity contribution < 1.29 is 0 Å². The molecule has 1 saturated carbocycles. The molecule has 5 heteroatoms. The number of aromatic nitrogens is 4. The summed E-state index contributed by atoms with van der Waals surface area (Å²) in [7, 11) is 0. The molecule has 0 radical (unpaired) electrons. The lowest BCUT2D eigenvalue weighted by molar-refractivity contribution is 0.272. The van der Waals surface area contributed by atoms with E-state index >= 15 is 0 Å². The van der Waals surface area contributed by atoms with Gasteiger partial charge in [0.15, 0.2) is 6.33 Å². The molecule has 1 aliphatic carbocycles. The molecule has 13 heavy (non-hydrogen) atoms. The van der Waals surface area contributed by atoms with Crippen molar-refractivity contribution in [1.82, 2.24) is 20.2 Å². The Hall–Kier alpha value is -0.970. The second kappa shape index (κ2) is 3.83. The first-order valence-electron chi connectivity index (χ1n) is 4.81. The summed E-state index contributed by atoms with van der Waals surface area (Å²) in [4.78, 5) is 1.67. The molecule has 0 aliphatic heterocycles. The predicted octanol–water partition coefficient (Wildman–Crippen LogP) is 0.191. The highest BCUT2D eigenvalue weighted by atomic mass is 15.6. The summed E-state index contributed by atoms with van der Waals surface area (Å²) in [6, 6.07) is 0.417. The normalized spacial score (nSPS) is 29.0. The van der Waals surface area contributed by atoms with Crippen LogP contribution in [0.2, 0.25) is 0 Å². The zero-order valence-electron chi connectivity index (χ0n) is 7.63. The van der Waals surface area contributed by atoms with Gasteiger partial charge >= 0.3 is 0 Å². The number of rotatable bonds is 2. The molecular formula is C8H15N5. The predicted molar refractivity (Wildman–Crippen MR) is 47.8 cm³/mol. The quantitative estimate of drug-likeness (QED) is 0.707. The van der Waals surface area contributed by atoms with Crippen molar-refractivity contribution in [3.63, 3.8) is 0 Å². The molecule has 1 aromatic rings. The molecule has 2 rings (SSSR count). The monoisotopic (exact) mass is 181 g/mol. The first kappa shape index (κ1) is 8.62. The minimum absolute atomic E-state index is 0.417. The molecule has 72 valence electrons. The van der Waals surface area contributed by atoms with Crippen LogP contribution < -0.4 is 5.73 Å². The van der Waals surface area contributed by atoms with E-state index in [2.05, 4.69) is 15.4 Å². The maximum absolute atomic E-state index is 5.82. The van der Waals surface area contributed by atoms with Crippen molar-refractivity contribution in [2.45, 2.75) is 38.3 Å². The lowest BCUT2D eigenvalue weighted by Gasteiger charge is -2.25. The van der Waals surface area contributed by atoms with Gasteiger partial charge in [-0.2, -0.15) is 4.80 Å². The van der Waals surface area contributed by atoms with Crippen LogP contribution in [0, 0.1) is 5.92 Å². The van der Waals surface area contributed by atoms with E-state index < -0.39 is 0 Å². The van der Waals surface area contributed by atoms with Crippen molar-refractivity contribution in [1.29, 1.82) is 0 Å². The van der Waals surface area contributed by atoms with Crippen molar-refractivity contribution in [2.24, 2.45) is 11.7 Å². The highest BCUT2D eigenvalue weighted by Crippen LogP contribution is 2.23. The molecule has 0 atom stereocenters. The SMILES string of the molecule is NC1CCC(Cn2ncnn2)CC1. The third-order valence-corrected chi connectivity index (χ3v) is 2.70. The average Bonchev–Trinajstić information content (AvgIpc) is 2.62. The Morgan fingerprint density at radius 3 is 2.69 bits per heavy atom. The molecule has 0 aromatic carbocycles. The van der Waals surface area contributed by atoms with Crippen LogP contribution >= 0.6 is 0 Å². The van der Waals surface area contributed by atoms with E-state index in [0.29, 0.717) is 12.0 Å². The third-order valence-electron chi connectivity index (χ3n) is 2.70. The van der Waals surface area contributed by atoms with Gasteiger partial charge in [-0.3, -0.25) is 0 Å². The first-order chi connectivity index (χ1) is 6.34. The van der Waals surface area contributed by atoms with Gasteiger partial charge in [0.05, 0.1) is 6.54 Å². The van der Waals surface area contributed by atoms with Crippen molar-refractivity contribution in [2.75, 3.05) is 0 Å². The molecule has 0 unspecified atom stereocenters. The molecule has 5 nitrogen and oxygen atoms in total. The van der Waals surface area contributed by atoms with E-state index in [1.165, 1.54) is 19.2 Å². The lowest BCUT2D eigenvalue weighted by atomic mass is 9.86. The maximum atomic E-state index is 5.82. The van der Waals surface area contributed by atoms with E-state index in [-0.39, 0.29) is 0 Å². The zero-order valence-corrected chi connectivity index (χ0v) is 7.63. The molecule has 1 fully saturated rings. The first-order valence-corrected chi connectivity index (χ1v) is 4.81. The van der Waals surface area contributed by atoms with Crippen LogP contribution in [-0.2, 0) is 6.54 Å². The Morgan fingerprint density at radius 1 is 1.31 bits per heavy atom. The summed E-state index contributed by atoms with van der Waals surface area (Å²) in [5.74, 6) is 0.689. The summed E-state index contributed by atoms with van der Waals surface area (Å²) < 4.78 is 0. The summed E-state index contributed by atoms with van der Waals surface area (Å²) in [5.41, 5.74) is 5.82. The number of nitrogens with zero attached hydrogens (tertiary/aromatic N) is 4. The van der Waals surface area contributed by atoms with Crippen LogP contribution in [0.1, 0.15) is 25.7 Å². The Bertz CT molecular complexity index is 237. The standard InChI is InChI=1S/C8H15N5/c9-8-3-1-7(2-4-8)5-13-11-6-10-12-13/h6-8H,1-5,9H2. The zero-order chi connectivity index (χ0) is 9.10. The summed E-state index contributed by atoms with van der Waals surface area (Å²) >= 11 is 0. The van der Waals surface area contributed by atoms with E-state index in [1.54, 1.807) is 4.80 Å². The second-order valence-corrected chi connectivity index (χ2v) is 3.77. The van der Waals surface area contributed by atoms with E-state index in [0.717, 1.165) is 19.4 Å². The molecular weight excluding hydrogens is 166 g/mol. The summed E-state index contributed by atoms with van der Waals surface area (Å²) in [6.45, 7) is 0.896. The van der Waals surface area contributed by atoms with Crippen LogP contribution in [0.4, 0.5) is 0 Å². The van der Waals surface area contributed by atoms with Gasteiger partial charge in [0.2, 0.25) is 0 Å². The van der Waals surface area contributed by atoms with Crippen LogP contribution in [0.5, 0.6) is 0 Å². The minimum Gasteiger partial charge on any atom is -0.328 e. The largest absolute Gasteiger partial charge is 0.328 e. The molecule has 0 spiro atoms. The van der Waals surface area contributed by atoms with Gasteiger partial charge in [-0.1, -0.05) is 0 Å². The molecule has 0 bridgehead atoms. The molecule has 1 heterocycles. The summed E-state index contributed by atoms with van der Waals surface area (Å²) in [5, 5.41) is 11.5. The van der Waals surface area contributed by atoms with Crippen LogP contribution in [0.25, 0.3) is 0 Å². The maximum Gasteiger partial charge on any atom is 0.162 e. The Balaban J connectivity index is 1.83. The molecule has 2 N–H and O–H groups in total. The van der Waals surface area contributed by atoms with Crippen molar-refractivity contribution in [3.8, 4) is 0 Å². The lowest BCUT2D eigenvalue weighted by Crippen LogP contribution is -2.28. The number of nitrogens with two attached hydrogens (primary N) is 1. The fraction of sp³-hybridized carbons (Fsp3) is 0.875. The topological polar surface area (TPSA) is 69.6 Å². The van der Waals surface area contributed by atoms with Gasteiger partial charge in [-0.25, -0.2) is 0 Å². The van der Waals surface area contributed by atoms with Crippen molar-refractivity contribution >= 4 is 0 Å². The highest BCUT2D eigenvalue weighted by Gasteiger charge is 2.19. The van der Waals surface area contributed by atoms with Gasteiger partial charge in [-0.15, -0.1) is 10.2 Å². The third kappa shape index (κ3) is 2.24.